The maximum absolute atomic E-state index is 10.9. The van der Waals surface area contributed by atoms with Crippen molar-refractivity contribution in [3.63, 3.8) is 0 Å². The second-order valence-corrected chi connectivity index (χ2v) is 1.94. The van der Waals surface area contributed by atoms with Crippen LogP contribution >= 0.6 is 0 Å². The van der Waals surface area contributed by atoms with Crippen molar-refractivity contribution in [2.75, 3.05) is 0 Å². The Balaban J connectivity index is 3.03. The SMILES string of the molecule is C=CCc1coccc1=O. The maximum atomic E-state index is 10.9. The lowest BCUT2D eigenvalue weighted by atomic mass is 10.2. The van der Waals surface area contributed by atoms with Gasteiger partial charge in [0.1, 0.15) is 0 Å². The molecule has 0 radical (unpaired) electrons. The molecule has 0 saturated carbocycles. The number of hydrogen-bond donors (Lipinski definition) is 0. The second kappa shape index (κ2) is 3.01. The Morgan fingerprint density at radius 1 is 1.70 bits per heavy atom. The van der Waals surface area contributed by atoms with Crippen molar-refractivity contribution in [1.82, 2.24) is 0 Å². The molecule has 1 aromatic heterocycles. The average Bonchev–Trinajstić information content (AvgIpc) is 1.94. The minimum absolute atomic E-state index is 0.00569. The molecule has 0 saturated heterocycles. The van der Waals surface area contributed by atoms with Crippen LogP contribution in [0.25, 0.3) is 0 Å². The van der Waals surface area contributed by atoms with Gasteiger partial charge >= 0.3 is 0 Å². The van der Waals surface area contributed by atoms with E-state index in [1.54, 1.807) is 6.08 Å². The molecule has 0 aromatic carbocycles. The third kappa shape index (κ3) is 1.35. The topological polar surface area (TPSA) is 30.2 Å². The van der Waals surface area contributed by atoms with Crippen LogP contribution < -0.4 is 5.43 Å². The Morgan fingerprint density at radius 3 is 3.10 bits per heavy atom. The van der Waals surface area contributed by atoms with Gasteiger partial charge in [0.25, 0.3) is 0 Å². The van der Waals surface area contributed by atoms with E-state index >= 15 is 0 Å². The molecule has 10 heavy (non-hydrogen) atoms. The van der Waals surface area contributed by atoms with Gasteiger partial charge in [-0.05, 0) is 6.42 Å². The molecule has 0 aliphatic carbocycles. The van der Waals surface area contributed by atoms with Crippen LogP contribution in [0.5, 0.6) is 0 Å². The van der Waals surface area contributed by atoms with Crippen molar-refractivity contribution in [2.24, 2.45) is 0 Å². The molecule has 0 fully saturated rings. The third-order valence-electron chi connectivity index (χ3n) is 1.19. The summed E-state index contributed by atoms with van der Waals surface area (Å²) in [5.41, 5.74) is 0.656. The van der Waals surface area contributed by atoms with E-state index in [2.05, 4.69) is 6.58 Å². The van der Waals surface area contributed by atoms with Crippen LogP contribution in [0, 0.1) is 0 Å². The quantitative estimate of drug-likeness (QED) is 0.575. The highest BCUT2D eigenvalue weighted by Gasteiger charge is 1.93. The monoisotopic (exact) mass is 136 g/mol. The van der Waals surface area contributed by atoms with Gasteiger partial charge in [-0.1, -0.05) is 6.08 Å². The summed E-state index contributed by atoms with van der Waals surface area (Å²) in [5, 5.41) is 0. The van der Waals surface area contributed by atoms with E-state index in [-0.39, 0.29) is 5.43 Å². The molecule has 1 aromatic rings. The first-order chi connectivity index (χ1) is 4.84. The van der Waals surface area contributed by atoms with Crippen molar-refractivity contribution in [2.45, 2.75) is 6.42 Å². The highest BCUT2D eigenvalue weighted by molar-refractivity contribution is 5.10. The maximum Gasteiger partial charge on any atom is 0.188 e. The largest absolute Gasteiger partial charge is 0.472 e. The highest BCUT2D eigenvalue weighted by Crippen LogP contribution is 1.91. The molecular formula is C8H8O2. The number of allylic oxidation sites excluding steroid dienone is 1. The summed E-state index contributed by atoms with van der Waals surface area (Å²) in [6, 6.07) is 1.40. The molecule has 2 nitrogen and oxygen atoms in total. The Hall–Kier alpha value is -1.31. The second-order valence-electron chi connectivity index (χ2n) is 1.94. The molecule has 1 rings (SSSR count). The van der Waals surface area contributed by atoms with E-state index in [4.69, 9.17) is 4.42 Å². The third-order valence-corrected chi connectivity index (χ3v) is 1.19. The smallest absolute Gasteiger partial charge is 0.188 e. The fourth-order valence-electron chi connectivity index (χ4n) is 0.692. The molecule has 0 spiro atoms. The van der Waals surface area contributed by atoms with Gasteiger partial charge in [0.15, 0.2) is 5.43 Å². The Bertz CT molecular complexity index is 273. The van der Waals surface area contributed by atoms with Crippen LogP contribution in [0.4, 0.5) is 0 Å². The number of rotatable bonds is 2. The standard InChI is InChI=1S/C8H8O2/c1-2-3-7-6-10-5-4-8(7)9/h2,4-6H,1,3H2. The van der Waals surface area contributed by atoms with Crippen molar-refractivity contribution in [1.29, 1.82) is 0 Å². The van der Waals surface area contributed by atoms with Gasteiger partial charge in [-0.2, -0.15) is 0 Å². The average molecular weight is 136 g/mol. The van der Waals surface area contributed by atoms with Crippen molar-refractivity contribution < 1.29 is 4.42 Å². The fourth-order valence-corrected chi connectivity index (χ4v) is 0.692. The number of hydrogen-bond acceptors (Lipinski definition) is 2. The first kappa shape index (κ1) is 6.81. The predicted molar refractivity (Wildman–Crippen MR) is 38.9 cm³/mol. The lowest BCUT2D eigenvalue weighted by Crippen LogP contribution is -2.04. The molecule has 52 valence electrons. The summed E-state index contributed by atoms with van der Waals surface area (Å²) in [4.78, 5) is 10.9. The zero-order valence-electron chi connectivity index (χ0n) is 5.54. The van der Waals surface area contributed by atoms with E-state index in [0.29, 0.717) is 12.0 Å². The van der Waals surface area contributed by atoms with Crippen LogP contribution in [0.2, 0.25) is 0 Å². The van der Waals surface area contributed by atoms with E-state index in [1.807, 2.05) is 0 Å². The van der Waals surface area contributed by atoms with E-state index < -0.39 is 0 Å². The van der Waals surface area contributed by atoms with Crippen LogP contribution in [0.1, 0.15) is 5.56 Å². The zero-order valence-corrected chi connectivity index (χ0v) is 5.54. The summed E-state index contributed by atoms with van der Waals surface area (Å²) < 4.78 is 4.79. The normalized spacial score (nSPS) is 9.20. The van der Waals surface area contributed by atoms with Gasteiger partial charge in [-0.15, -0.1) is 6.58 Å². The summed E-state index contributed by atoms with van der Waals surface area (Å²) in [7, 11) is 0. The first-order valence-corrected chi connectivity index (χ1v) is 3.01. The van der Waals surface area contributed by atoms with E-state index in [1.165, 1.54) is 18.6 Å². The minimum Gasteiger partial charge on any atom is -0.472 e. The summed E-state index contributed by atoms with van der Waals surface area (Å²) in [6.07, 6.45) is 5.06. The van der Waals surface area contributed by atoms with Gasteiger partial charge in [-0.25, -0.2) is 0 Å². The van der Waals surface area contributed by atoms with Crippen LogP contribution in [-0.4, -0.2) is 0 Å². The van der Waals surface area contributed by atoms with Gasteiger partial charge in [0.05, 0.1) is 12.5 Å². The molecule has 0 amide bonds. The van der Waals surface area contributed by atoms with Crippen LogP contribution in [0.15, 0.2) is 40.5 Å². The zero-order chi connectivity index (χ0) is 7.40. The molecule has 0 N–H and O–H groups in total. The van der Waals surface area contributed by atoms with Gasteiger partial charge in [0, 0.05) is 11.6 Å². The lowest BCUT2D eigenvalue weighted by Gasteiger charge is -1.89. The molecule has 0 atom stereocenters. The van der Waals surface area contributed by atoms with E-state index in [9.17, 15) is 4.79 Å². The Labute approximate surface area is 58.8 Å². The van der Waals surface area contributed by atoms with Crippen molar-refractivity contribution >= 4 is 0 Å². The molecule has 0 aliphatic heterocycles. The fraction of sp³-hybridized carbons (Fsp3) is 0.125. The molecule has 1 heterocycles. The predicted octanol–water partition coefficient (Wildman–Crippen LogP) is 1.37. The molecular weight excluding hydrogens is 128 g/mol. The minimum atomic E-state index is 0.00569. The summed E-state index contributed by atoms with van der Waals surface area (Å²) in [5.74, 6) is 0. The molecule has 0 aliphatic rings. The Kier molecular flexibility index (Phi) is 2.05. The van der Waals surface area contributed by atoms with Crippen LogP contribution in [-0.2, 0) is 6.42 Å². The van der Waals surface area contributed by atoms with Crippen molar-refractivity contribution in [3.05, 3.63) is 47.0 Å². The Morgan fingerprint density at radius 2 is 2.50 bits per heavy atom. The molecule has 0 unspecified atom stereocenters. The van der Waals surface area contributed by atoms with Gasteiger partial charge < -0.3 is 4.42 Å². The molecule has 2 heteroatoms. The van der Waals surface area contributed by atoms with Gasteiger partial charge in [0.2, 0.25) is 0 Å². The molecule has 0 bridgehead atoms. The van der Waals surface area contributed by atoms with E-state index in [0.717, 1.165) is 0 Å². The summed E-state index contributed by atoms with van der Waals surface area (Å²) >= 11 is 0. The van der Waals surface area contributed by atoms with Gasteiger partial charge in [-0.3, -0.25) is 4.79 Å². The summed E-state index contributed by atoms with van der Waals surface area (Å²) in [6.45, 7) is 3.52. The van der Waals surface area contributed by atoms with Crippen LogP contribution in [0.3, 0.4) is 0 Å². The first-order valence-electron chi connectivity index (χ1n) is 3.01. The highest BCUT2D eigenvalue weighted by atomic mass is 16.3. The van der Waals surface area contributed by atoms with Crippen molar-refractivity contribution in [3.8, 4) is 0 Å². The lowest BCUT2D eigenvalue weighted by molar-refractivity contribution is 0.542.